The van der Waals surface area contributed by atoms with E-state index < -0.39 is 11.7 Å². The summed E-state index contributed by atoms with van der Waals surface area (Å²) in [6.45, 7) is 2.42. The molecule has 0 unspecified atom stereocenters. The van der Waals surface area contributed by atoms with Gasteiger partial charge in [0.25, 0.3) is 5.56 Å². The molecule has 6 nitrogen and oxygen atoms in total. The van der Waals surface area contributed by atoms with Gasteiger partial charge < -0.3 is 4.98 Å². The molecule has 0 aliphatic carbocycles. The van der Waals surface area contributed by atoms with Crippen LogP contribution in [-0.4, -0.2) is 23.9 Å². The Balaban J connectivity index is 1.97. The van der Waals surface area contributed by atoms with Crippen molar-refractivity contribution < 1.29 is 13.2 Å². The maximum atomic E-state index is 13.0. The van der Waals surface area contributed by atoms with Crippen molar-refractivity contribution in [3.8, 4) is 11.4 Å². The molecule has 1 aromatic carbocycles. The lowest BCUT2D eigenvalue weighted by atomic mass is 10.1. The van der Waals surface area contributed by atoms with Gasteiger partial charge >= 0.3 is 6.18 Å². The van der Waals surface area contributed by atoms with Crippen molar-refractivity contribution in [2.24, 2.45) is 0 Å². The van der Waals surface area contributed by atoms with Crippen LogP contribution in [0.5, 0.6) is 0 Å². The molecule has 0 atom stereocenters. The molecule has 0 fully saturated rings. The van der Waals surface area contributed by atoms with Crippen LogP contribution in [-0.2, 0) is 12.7 Å². The first-order valence-electron chi connectivity index (χ1n) is 8.03. The molecule has 9 heteroatoms. The first kappa shape index (κ1) is 16.4. The number of aromatic amines is 1. The summed E-state index contributed by atoms with van der Waals surface area (Å²) in [6.07, 6.45) is -0.491. The second kappa shape index (κ2) is 5.72. The van der Waals surface area contributed by atoms with Gasteiger partial charge in [-0.3, -0.25) is 13.8 Å². The average molecular weight is 361 g/mol. The van der Waals surface area contributed by atoms with Gasteiger partial charge in [0.2, 0.25) is 5.78 Å². The fourth-order valence-electron chi connectivity index (χ4n) is 2.98. The Labute approximate surface area is 144 Å². The summed E-state index contributed by atoms with van der Waals surface area (Å²) < 4.78 is 42.1. The zero-order chi connectivity index (χ0) is 18.5. The van der Waals surface area contributed by atoms with Crippen molar-refractivity contribution in [1.29, 1.82) is 0 Å². The molecule has 0 amide bonds. The number of aromatic nitrogens is 5. The number of nitrogens with zero attached hydrogens (tertiary/aromatic N) is 4. The number of halogens is 3. The van der Waals surface area contributed by atoms with Gasteiger partial charge in [0, 0.05) is 24.5 Å². The number of alkyl halides is 3. The third-order valence-corrected chi connectivity index (χ3v) is 4.15. The summed E-state index contributed by atoms with van der Waals surface area (Å²) in [5.41, 5.74) is -0.248. The molecule has 0 spiro atoms. The fraction of sp³-hybridized carbons (Fsp3) is 0.235. The molecule has 0 aliphatic rings. The molecule has 1 N–H and O–H groups in total. The maximum absolute atomic E-state index is 13.0. The number of hydrogen-bond acceptors (Lipinski definition) is 3. The third kappa shape index (κ3) is 2.47. The van der Waals surface area contributed by atoms with Crippen molar-refractivity contribution in [3.63, 3.8) is 0 Å². The minimum absolute atomic E-state index is 0.201. The summed E-state index contributed by atoms with van der Waals surface area (Å²) >= 11 is 0. The molecule has 26 heavy (non-hydrogen) atoms. The normalized spacial score (nSPS) is 12.3. The van der Waals surface area contributed by atoms with Gasteiger partial charge in [-0.25, -0.2) is 9.97 Å². The topological polar surface area (TPSA) is 68.0 Å². The van der Waals surface area contributed by atoms with E-state index in [0.29, 0.717) is 18.0 Å². The molecule has 0 radical (unpaired) electrons. The van der Waals surface area contributed by atoms with Crippen molar-refractivity contribution in [1.82, 2.24) is 23.9 Å². The molecule has 4 aromatic rings. The van der Waals surface area contributed by atoms with Crippen molar-refractivity contribution >= 4 is 16.9 Å². The predicted molar refractivity (Wildman–Crippen MR) is 89.8 cm³/mol. The molecule has 0 saturated heterocycles. The summed E-state index contributed by atoms with van der Waals surface area (Å²) in [7, 11) is 0. The molecule has 134 valence electrons. The lowest BCUT2D eigenvalue weighted by Gasteiger charge is -2.07. The third-order valence-electron chi connectivity index (χ3n) is 4.15. The Morgan fingerprint density at radius 3 is 2.81 bits per heavy atom. The predicted octanol–water partition coefficient (Wildman–Crippen LogP) is 3.47. The van der Waals surface area contributed by atoms with E-state index >= 15 is 0 Å². The second-order valence-corrected chi connectivity index (χ2v) is 5.92. The summed E-state index contributed by atoms with van der Waals surface area (Å²) in [6, 6.07) is 4.83. The van der Waals surface area contributed by atoms with Crippen LogP contribution >= 0.6 is 0 Å². The van der Waals surface area contributed by atoms with Crippen LogP contribution in [0.25, 0.3) is 28.3 Å². The number of fused-ring (bicyclic) bond motifs is 3. The number of benzene rings is 1. The lowest BCUT2D eigenvalue weighted by Crippen LogP contribution is -2.23. The van der Waals surface area contributed by atoms with E-state index in [1.807, 2.05) is 6.92 Å². The monoisotopic (exact) mass is 361 g/mol. The zero-order valence-electron chi connectivity index (χ0n) is 13.7. The zero-order valence-corrected chi connectivity index (χ0v) is 13.7. The van der Waals surface area contributed by atoms with Gasteiger partial charge in [-0.05, 0) is 18.6 Å². The van der Waals surface area contributed by atoms with Crippen molar-refractivity contribution in [2.45, 2.75) is 26.1 Å². The van der Waals surface area contributed by atoms with E-state index in [9.17, 15) is 18.0 Å². The minimum Gasteiger partial charge on any atom is -0.332 e. The molecule has 0 bridgehead atoms. The number of hydrogen-bond donors (Lipinski definition) is 1. The Morgan fingerprint density at radius 2 is 2.08 bits per heavy atom. The van der Waals surface area contributed by atoms with Crippen molar-refractivity contribution in [3.05, 3.63) is 52.6 Å². The standard InChI is InChI=1S/C17H14F3N5O/c1-2-7-25-15(26)12-14(24-8-6-21-16(24)25)23-13(22-12)10-4-3-5-11(9-10)17(18,19)20/h3-6,8-9H,2,7H2,1H3,(H,22,23). The van der Waals surface area contributed by atoms with Crippen molar-refractivity contribution in [2.75, 3.05) is 0 Å². The first-order valence-corrected chi connectivity index (χ1v) is 8.03. The molecular weight excluding hydrogens is 347 g/mol. The van der Waals surface area contributed by atoms with E-state index in [4.69, 9.17) is 0 Å². The highest BCUT2D eigenvalue weighted by molar-refractivity contribution is 5.77. The Kier molecular flexibility index (Phi) is 3.60. The quantitative estimate of drug-likeness (QED) is 0.608. The number of aryl methyl sites for hydroxylation is 1. The van der Waals surface area contributed by atoms with E-state index in [1.54, 1.807) is 16.8 Å². The Bertz CT molecular complexity index is 1170. The Morgan fingerprint density at radius 1 is 1.27 bits per heavy atom. The van der Waals surface area contributed by atoms with Gasteiger partial charge in [0.05, 0.1) is 5.56 Å². The number of H-pyrrole nitrogens is 1. The highest BCUT2D eigenvalue weighted by Gasteiger charge is 2.30. The van der Waals surface area contributed by atoms with Crippen LogP contribution in [0, 0.1) is 0 Å². The average Bonchev–Trinajstić information content (AvgIpc) is 3.24. The summed E-state index contributed by atoms with van der Waals surface area (Å²) in [4.78, 5) is 24.2. The molecule has 4 rings (SSSR count). The molecule has 3 heterocycles. The van der Waals surface area contributed by atoms with Gasteiger partial charge in [0.15, 0.2) is 11.2 Å². The van der Waals surface area contributed by atoms with E-state index in [0.717, 1.165) is 18.6 Å². The number of nitrogens with one attached hydrogen (secondary N) is 1. The van der Waals surface area contributed by atoms with Gasteiger partial charge in [-0.15, -0.1) is 0 Å². The summed E-state index contributed by atoms with van der Waals surface area (Å²) in [5, 5.41) is 0. The minimum atomic E-state index is -4.45. The van der Waals surface area contributed by atoms with Crippen LogP contribution in [0.1, 0.15) is 18.9 Å². The van der Waals surface area contributed by atoms with E-state index in [2.05, 4.69) is 15.0 Å². The van der Waals surface area contributed by atoms with Crippen LogP contribution in [0.2, 0.25) is 0 Å². The fourth-order valence-corrected chi connectivity index (χ4v) is 2.98. The highest BCUT2D eigenvalue weighted by atomic mass is 19.4. The number of rotatable bonds is 3. The van der Waals surface area contributed by atoms with Gasteiger partial charge in [0.1, 0.15) is 5.82 Å². The largest absolute Gasteiger partial charge is 0.416 e. The maximum Gasteiger partial charge on any atom is 0.416 e. The molecule has 0 aliphatic heterocycles. The van der Waals surface area contributed by atoms with Crippen LogP contribution in [0.4, 0.5) is 13.2 Å². The number of imidazole rings is 2. The molecule has 3 aromatic heterocycles. The van der Waals surface area contributed by atoms with Gasteiger partial charge in [-0.2, -0.15) is 13.2 Å². The Hall–Kier alpha value is -3.10. The summed E-state index contributed by atoms with van der Waals surface area (Å²) in [5.74, 6) is 0.652. The smallest absolute Gasteiger partial charge is 0.332 e. The van der Waals surface area contributed by atoms with Crippen LogP contribution in [0.15, 0.2) is 41.5 Å². The van der Waals surface area contributed by atoms with Gasteiger partial charge in [-0.1, -0.05) is 19.1 Å². The van der Waals surface area contributed by atoms with E-state index in [-0.39, 0.29) is 22.5 Å². The highest BCUT2D eigenvalue weighted by Crippen LogP contribution is 2.31. The molecule has 0 saturated carbocycles. The van der Waals surface area contributed by atoms with Crippen LogP contribution < -0.4 is 5.56 Å². The molecular formula is C17H14F3N5O. The first-order chi connectivity index (χ1) is 12.4. The van der Waals surface area contributed by atoms with E-state index in [1.165, 1.54) is 16.7 Å². The second-order valence-electron chi connectivity index (χ2n) is 5.92. The van der Waals surface area contributed by atoms with Crippen LogP contribution in [0.3, 0.4) is 0 Å². The lowest BCUT2D eigenvalue weighted by molar-refractivity contribution is -0.137. The SMILES string of the molecule is CCCn1c(=O)c2[nH]c(-c3cccc(C(F)(F)F)c3)nc2n2ccnc12.